The first-order valence-electron chi connectivity index (χ1n) is 12.8. The Balaban J connectivity index is 1.93. The molecule has 0 saturated heterocycles. The Morgan fingerprint density at radius 1 is 1.25 bits per heavy atom. The van der Waals surface area contributed by atoms with E-state index >= 15 is 0 Å². The van der Waals surface area contributed by atoms with Crippen LogP contribution in [-0.2, 0) is 22.7 Å². The molecule has 0 unspecified atom stereocenters. The van der Waals surface area contributed by atoms with E-state index < -0.39 is 98.5 Å². The molecule has 0 bridgehead atoms. The van der Waals surface area contributed by atoms with Gasteiger partial charge in [0.1, 0.15) is 26.4 Å². The minimum absolute atomic E-state index is 0.00110. The molecule has 2 heterocycles. The molecule has 1 amide bonds. The number of alkyl halides is 8. The van der Waals surface area contributed by atoms with Crippen molar-refractivity contribution in [3.8, 4) is 11.6 Å². The summed E-state index contributed by atoms with van der Waals surface area (Å²) in [5.41, 5.74) is -3.19. The zero-order chi connectivity index (χ0) is 33.4. The van der Waals surface area contributed by atoms with E-state index in [-0.39, 0.29) is 31.5 Å². The van der Waals surface area contributed by atoms with Gasteiger partial charge in [0.05, 0.1) is 11.4 Å². The SMILES string of the molecule is CCc1nc(C(=O)NC[C@]2(O)CC[C@@H](S(C)(=O)=O)C[C@H]2O)c(Cl)n1-c1ncc(CC(C(F)(F)F)C(F)(F)F)cc1OC(F)F. The van der Waals surface area contributed by atoms with Crippen molar-refractivity contribution in [3.05, 3.63) is 34.5 Å². The number of sulfone groups is 1. The van der Waals surface area contributed by atoms with Gasteiger partial charge >= 0.3 is 19.0 Å². The lowest BCUT2D eigenvalue weighted by atomic mass is 9.82. The zero-order valence-electron chi connectivity index (χ0n) is 22.9. The summed E-state index contributed by atoms with van der Waals surface area (Å²) in [5.74, 6) is -6.53. The molecule has 2 aromatic heterocycles. The van der Waals surface area contributed by atoms with E-state index in [1.165, 1.54) is 6.92 Å². The van der Waals surface area contributed by atoms with Crippen LogP contribution < -0.4 is 10.1 Å². The summed E-state index contributed by atoms with van der Waals surface area (Å²) in [7, 11) is -3.51. The summed E-state index contributed by atoms with van der Waals surface area (Å²) < 4.78 is 134. The van der Waals surface area contributed by atoms with E-state index in [1.54, 1.807) is 0 Å². The van der Waals surface area contributed by atoms with Gasteiger partial charge in [-0.1, -0.05) is 18.5 Å². The van der Waals surface area contributed by atoms with E-state index in [4.69, 9.17) is 11.6 Å². The molecule has 1 aliphatic carbocycles. The number of hydrogen-bond donors (Lipinski definition) is 3. The van der Waals surface area contributed by atoms with Crippen molar-refractivity contribution in [3.63, 3.8) is 0 Å². The van der Waals surface area contributed by atoms with Gasteiger partial charge in [0.15, 0.2) is 23.2 Å². The normalized spacial score (nSPS) is 21.6. The maximum Gasteiger partial charge on any atom is 0.400 e. The van der Waals surface area contributed by atoms with Crippen molar-refractivity contribution >= 4 is 27.3 Å². The highest BCUT2D eigenvalue weighted by molar-refractivity contribution is 7.91. The highest BCUT2D eigenvalue weighted by Crippen LogP contribution is 2.42. The van der Waals surface area contributed by atoms with Crippen molar-refractivity contribution < 1.29 is 63.3 Å². The van der Waals surface area contributed by atoms with Gasteiger partial charge in [-0.25, -0.2) is 18.4 Å². The number of amides is 1. The first-order chi connectivity index (χ1) is 20.1. The fraction of sp³-hybridized carbons (Fsp3) is 0.625. The fourth-order valence-corrected chi connectivity index (χ4v) is 6.09. The number of halogens is 9. The Morgan fingerprint density at radius 2 is 1.86 bits per heavy atom. The first-order valence-corrected chi connectivity index (χ1v) is 15.1. The van der Waals surface area contributed by atoms with Gasteiger partial charge in [0.2, 0.25) is 0 Å². The van der Waals surface area contributed by atoms with Crippen LogP contribution in [0.25, 0.3) is 5.82 Å². The number of rotatable bonds is 10. The molecule has 0 aromatic carbocycles. The lowest BCUT2D eigenvalue weighted by molar-refractivity contribution is -0.283. The Morgan fingerprint density at radius 3 is 2.36 bits per heavy atom. The van der Waals surface area contributed by atoms with Crippen LogP contribution in [0.1, 0.15) is 48.1 Å². The second kappa shape index (κ2) is 12.9. The van der Waals surface area contributed by atoms with Crippen LogP contribution in [0, 0.1) is 5.92 Å². The van der Waals surface area contributed by atoms with Crippen molar-refractivity contribution in [1.82, 2.24) is 19.9 Å². The molecule has 2 aromatic rings. The fourth-order valence-electron chi connectivity index (χ4n) is 4.71. The Bertz CT molecular complexity index is 1460. The van der Waals surface area contributed by atoms with Crippen LogP contribution in [-0.4, -0.2) is 87.8 Å². The van der Waals surface area contributed by atoms with Crippen LogP contribution in [0.5, 0.6) is 5.75 Å². The Kier molecular flexibility index (Phi) is 10.5. The topological polar surface area (TPSA) is 144 Å². The Hall–Kier alpha value is -2.77. The van der Waals surface area contributed by atoms with Gasteiger partial charge in [-0.3, -0.25) is 9.36 Å². The second-order valence-corrected chi connectivity index (χ2v) is 13.0. The van der Waals surface area contributed by atoms with E-state index in [2.05, 4.69) is 20.0 Å². The molecule has 3 N–H and O–H groups in total. The molecule has 3 rings (SSSR count). The van der Waals surface area contributed by atoms with E-state index in [9.17, 15) is 58.5 Å². The molecule has 3 atom stereocenters. The number of aryl methyl sites for hydroxylation is 1. The molecule has 0 spiro atoms. The summed E-state index contributed by atoms with van der Waals surface area (Å²) >= 11 is 6.32. The molecule has 1 fully saturated rings. The first kappa shape index (κ1) is 35.7. The molecule has 1 saturated carbocycles. The second-order valence-electron chi connectivity index (χ2n) is 10.3. The number of nitrogens with one attached hydrogen (secondary N) is 1. The summed E-state index contributed by atoms with van der Waals surface area (Å²) in [6.45, 7) is -2.66. The van der Waals surface area contributed by atoms with Crippen LogP contribution >= 0.6 is 11.6 Å². The minimum atomic E-state index is -5.71. The molecular weight excluding hydrogens is 660 g/mol. The molecule has 248 valence electrons. The molecule has 44 heavy (non-hydrogen) atoms. The van der Waals surface area contributed by atoms with E-state index in [0.29, 0.717) is 12.3 Å². The van der Waals surface area contributed by atoms with Crippen molar-refractivity contribution in [2.24, 2.45) is 5.92 Å². The monoisotopic (exact) mass is 686 g/mol. The van der Waals surface area contributed by atoms with Gasteiger partial charge in [0.25, 0.3) is 5.91 Å². The molecule has 1 aliphatic rings. The van der Waals surface area contributed by atoms with Gasteiger partial charge in [0, 0.05) is 25.4 Å². The van der Waals surface area contributed by atoms with Gasteiger partial charge in [-0.15, -0.1) is 0 Å². The van der Waals surface area contributed by atoms with Crippen molar-refractivity contribution in [2.75, 3.05) is 12.8 Å². The number of hydrogen-bond acceptors (Lipinski definition) is 8. The number of nitrogens with zero attached hydrogens (tertiary/aromatic N) is 3. The number of aliphatic hydroxyl groups is 2. The third-order valence-corrected chi connectivity index (χ3v) is 9.12. The third kappa shape index (κ3) is 8.08. The maximum absolute atomic E-state index is 13.2. The molecule has 0 aliphatic heterocycles. The molecule has 0 radical (unpaired) electrons. The summed E-state index contributed by atoms with van der Waals surface area (Å²) in [4.78, 5) is 20.7. The number of pyridine rings is 1. The summed E-state index contributed by atoms with van der Waals surface area (Å²) in [6.07, 6.45) is -13.6. The Labute approximate surface area is 250 Å². The van der Waals surface area contributed by atoms with E-state index in [1.807, 2.05) is 0 Å². The lowest BCUT2D eigenvalue weighted by Gasteiger charge is -2.39. The van der Waals surface area contributed by atoms with Crippen LogP contribution in [0.2, 0.25) is 5.15 Å². The number of carbonyl (C=O) groups excluding carboxylic acids is 1. The van der Waals surface area contributed by atoms with E-state index in [0.717, 1.165) is 10.8 Å². The minimum Gasteiger partial charge on any atom is -0.431 e. The molecule has 20 heteroatoms. The zero-order valence-corrected chi connectivity index (χ0v) is 24.5. The van der Waals surface area contributed by atoms with Crippen LogP contribution in [0.15, 0.2) is 12.3 Å². The number of ether oxygens (including phenoxy) is 1. The van der Waals surface area contributed by atoms with Crippen LogP contribution in [0.3, 0.4) is 0 Å². The highest BCUT2D eigenvalue weighted by Gasteiger charge is 2.56. The highest BCUT2D eigenvalue weighted by atomic mass is 35.5. The van der Waals surface area contributed by atoms with Crippen molar-refractivity contribution in [1.29, 1.82) is 0 Å². The van der Waals surface area contributed by atoms with Gasteiger partial charge < -0.3 is 20.3 Å². The summed E-state index contributed by atoms with van der Waals surface area (Å²) in [6, 6.07) is 0.512. The average molecular weight is 687 g/mol. The number of aromatic nitrogens is 3. The standard InChI is InChI=1S/C24H27ClF8N4O6S/c1-3-16-36-17(20(39)35-10-22(40)5-4-12(8-15(22)38)44(2,41)42)18(25)37(16)19-13(43-21(26)27)6-11(9-34-19)7-14(23(28,29)30)24(31,32)33/h6,9,12,14-15,21,38,40H,3-5,7-8,10H2,1-2H3,(H,35,39)/t12-,15-,22-/m1/s1. The van der Waals surface area contributed by atoms with Gasteiger partial charge in [-0.2, -0.15) is 35.1 Å². The quantitative estimate of drug-likeness (QED) is 0.321. The molecule has 10 nitrogen and oxygen atoms in total. The van der Waals surface area contributed by atoms with Crippen molar-refractivity contribution in [2.45, 2.75) is 74.9 Å². The lowest BCUT2D eigenvalue weighted by Crippen LogP contribution is -2.56. The van der Waals surface area contributed by atoms with Gasteiger partial charge in [-0.05, 0) is 37.3 Å². The largest absolute Gasteiger partial charge is 0.431 e. The molecular formula is C24H27ClF8N4O6S. The predicted octanol–water partition coefficient (Wildman–Crippen LogP) is 3.79. The third-order valence-electron chi connectivity index (χ3n) is 7.14. The number of carbonyl (C=O) groups is 1. The predicted molar refractivity (Wildman–Crippen MR) is 137 cm³/mol. The van der Waals surface area contributed by atoms with Crippen LogP contribution in [0.4, 0.5) is 35.1 Å². The maximum atomic E-state index is 13.2. The average Bonchev–Trinajstić information content (AvgIpc) is 3.21. The summed E-state index contributed by atoms with van der Waals surface area (Å²) in [5, 5.41) is 22.1. The number of imidazole rings is 1. The smallest absolute Gasteiger partial charge is 0.400 e. The number of aliphatic hydroxyl groups excluding tert-OH is 1.